The number of rotatable bonds is 4. The molecule has 3 amide bonds. The Balaban J connectivity index is 1.55. The number of hydrogen-bond acceptors (Lipinski definition) is 5. The van der Waals surface area contributed by atoms with Gasteiger partial charge in [0, 0.05) is 39.3 Å². The maximum Gasteiger partial charge on any atom is 0.320 e. The van der Waals surface area contributed by atoms with Crippen LogP contribution in [0, 0.1) is 0 Å². The molecule has 24 heavy (non-hydrogen) atoms. The van der Waals surface area contributed by atoms with E-state index in [-0.39, 0.29) is 18.0 Å². The number of ether oxygens (including phenoxy) is 1. The molecule has 3 rings (SSSR count). The number of morpholine rings is 1. The molecule has 0 spiro atoms. The van der Waals surface area contributed by atoms with Gasteiger partial charge in [-0.3, -0.25) is 4.79 Å². The number of carbonyl (C=O) groups is 2. The summed E-state index contributed by atoms with van der Waals surface area (Å²) < 4.78 is 6.95. The minimum absolute atomic E-state index is 0.0565. The van der Waals surface area contributed by atoms with Crippen LogP contribution in [0.1, 0.15) is 30.4 Å². The normalized spacial score (nSPS) is 18.4. The van der Waals surface area contributed by atoms with Crippen molar-refractivity contribution in [1.29, 1.82) is 0 Å². The summed E-state index contributed by atoms with van der Waals surface area (Å²) in [5.74, 6) is -0.111. The SMILES string of the molecule is CCN(CC)C(=O)N1CC(n2cc(C(=O)N3CCOCC3)nn2)C1. The van der Waals surface area contributed by atoms with Gasteiger partial charge in [0.1, 0.15) is 0 Å². The Kier molecular flexibility index (Phi) is 4.98. The second-order valence-electron chi connectivity index (χ2n) is 6.00. The van der Waals surface area contributed by atoms with Crippen LogP contribution >= 0.6 is 0 Å². The zero-order valence-corrected chi connectivity index (χ0v) is 14.2. The second-order valence-corrected chi connectivity index (χ2v) is 6.00. The smallest absolute Gasteiger partial charge is 0.320 e. The molecule has 132 valence electrons. The predicted octanol–water partition coefficient (Wildman–Crippen LogP) is 0.0690. The fourth-order valence-electron chi connectivity index (χ4n) is 2.95. The molecule has 3 heterocycles. The van der Waals surface area contributed by atoms with E-state index in [1.54, 1.807) is 25.6 Å². The van der Waals surface area contributed by atoms with E-state index in [9.17, 15) is 9.59 Å². The quantitative estimate of drug-likeness (QED) is 0.777. The van der Waals surface area contributed by atoms with E-state index in [0.29, 0.717) is 58.2 Å². The van der Waals surface area contributed by atoms with Crippen LogP contribution in [0.5, 0.6) is 0 Å². The number of likely N-dealkylation sites (tertiary alicyclic amines) is 1. The minimum Gasteiger partial charge on any atom is -0.378 e. The number of amides is 3. The molecule has 0 unspecified atom stereocenters. The van der Waals surface area contributed by atoms with Gasteiger partial charge in [-0.05, 0) is 13.8 Å². The van der Waals surface area contributed by atoms with Crippen LogP contribution in [0.15, 0.2) is 6.20 Å². The lowest BCUT2D eigenvalue weighted by Crippen LogP contribution is -2.55. The minimum atomic E-state index is -0.111. The Labute approximate surface area is 141 Å². The number of nitrogens with zero attached hydrogens (tertiary/aromatic N) is 6. The van der Waals surface area contributed by atoms with Crippen molar-refractivity contribution < 1.29 is 14.3 Å². The molecule has 0 bridgehead atoms. The van der Waals surface area contributed by atoms with Gasteiger partial charge in [0.2, 0.25) is 0 Å². The third-order valence-corrected chi connectivity index (χ3v) is 4.57. The Hall–Kier alpha value is -2.16. The molecule has 0 saturated carbocycles. The first kappa shape index (κ1) is 16.7. The first-order valence-electron chi connectivity index (χ1n) is 8.46. The van der Waals surface area contributed by atoms with E-state index >= 15 is 0 Å². The van der Waals surface area contributed by atoms with Gasteiger partial charge in [-0.15, -0.1) is 5.10 Å². The lowest BCUT2D eigenvalue weighted by Gasteiger charge is -2.41. The lowest BCUT2D eigenvalue weighted by molar-refractivity contribution is 0.0299. The highest BCUT2D eigenvalue weighted by molar-refractivity contribution is 5.92. The Bertz CT molecular complexity index is 588. The van der Waals surface area contributed by atoms with E-state index in [2.05, 4.69) is 10.3 Å². The molecule has 0 aliphatic carbocycles. The molecule has 2 fully saturated rings. The first-order chi connectivity index (χ1) is 11.6. The molecule has 2 saturated heterocycles. The summed E-state index contributed by atoms with van der Waals surface area (Å²) in [5.41, 5.74) is 0.352. The van der Waals surface area contributed by atoms with E-state index in [4.69, 9.17) is 4.74 Å². The first-order valence-corrected chi connectivity index (χ1v) is 8.46. The van der Waals surface area contributed by atoms with Gasteiger partial charge in [-0.2, -0.15) is 0 Å². The summed E-state index contributed by atoms with van der Waals surface area (Å²) in [6, 6.07) is 0.143. The average molecular weight is 336 g/mol. The van der Waals surface area contributed by atoms with Gasteiger partial charge in [0.05, 0.1) is 25.5 Å². The zero-order chi connectivity index (χ0) is 17.1. The average Bonchev–Trinajstić information content (AvgIpc) is 3.04. The molecule has 9 heteroatoms. The van der Waals surface area contributed by atoms with E-state index in [1.807, 2.05) is 13.8 Å². The molecule has 0 radical (unpaired) electrons. The number of hydrogen-bond donors (Lipinski definition) is 0. The van der Waals surface area contributed by atoms with Crippen molar-refractivity contribution >= 4 is 11.9 Å². The molecular weight excluding hydrogens is 312 g/mol. The molecule has 2 aliphatic heterocycles. The van der Waals surface area contributed by atoms with Crippen molar-refractivity contribution in [2.45, 2.75) is 19.9 Å². The maximum atomic E-state index is 12.4. The Morgan fingerprint density at radius 2 is 1.88 bits per heavy atom. The third-order valence-electron chi connectivity index (χ3n) is 4.57. The third kappa shape index (κ3) is 3.21. The van der Waals surface area contributed by atoms with Crippen LogP contribution in [0.3, 0.4) is 0 Å². The molecule has 0 atom stereocenters. The van der Waals surface area contributed by atoms with E-state index < -0.39 is 0 Å². The molecule has 0 aromatic carbocycles. The van der Waals surface area contributed by atoms with Crippen LogP contribution in [0.25, 0.3) is 0 Å². The van der Waals surface area contributed by atoms with Crippen molar-refractivity contribution in [3.8, 4) is 0 Å². The Morgan fingerprint density at radius 3 is 2.50 bits per heavy atom. The standard InChI is InChI=1S/C15H24N6O3/c1-3-18(4-2)15(23)20-9-12(10-20)21-11-13(16-17-21)14(22)19-5-7-24-8-6-19/h11-12H,3-10H2,1-2H3. The summed E-state index contributed by atoms with van der Waals surface area (Å²) in [6.07, 6.45) is 1.68. The van der Waals surface area contributed by atoms with E-state index in [0.717, 1.165) is 0 Å². The number of urea groups is 1. The molecule has 9 nitrogen and oxygen atoms in total. The summed E-state index contributed by atoms with van der Waals surface area (Å²) in [5, 5.41) is 8.07. The van der Waals surface area contributed by atoms with Crippen molar-refractivity contribution in [2.24, 2.45) is 0 Å². The highest BCUT2D eigenvalue weighted by Crippen LogP contribution is 2.22. The van der Waals surface area contributed by atoms with Crippen LogP contribution < -0.4 is 0 Å². The second kappa shape index (κ2) is 7.16. The molecule has 0 N–H and O–H groups in total. The van der Waals surface area contributed by atoms with Crippen molar-refractivity contribution in [2.75, 3.05) is 52.5 Å². The van der Waals surface area contributed by atoms with Gasteiger partial charge < -0.3 is 19.4 Å². The zero-order valence-electron chi connectivity index (χ0n) is 14.2. The highest BCUT2D eigenvalue weighted by Gasteiger charge is 2.35. The lowest BCUT2D eigenvalue weighted by atomic mass is 10.1. The predicted molar refractivity (Wildman–Crippen MR) is 85.7 cm³/mol. The van der Waals surface area contributed by atoms with E-state index in [1.165, 1.54) is 0 Å². The van der Waals surface area contributed by atoms with Gasteiger partial charge in [0.25, 0.3) is 5.91 Å². The number of aromatic nitrogens is 3. The van der Waals surface area contributed by atoms with Gasteiger partial charge in [-0.1, -0.05) is 5.21 Å². The summed E-state index contributed by atoms with van der Waals surface area (Å²) in [6.45, 7) is 8.85. The summed E-state index contributed by atoms with van der Waals surface area (Å²) >= 11 is 0. The molecule has 1 aromatic rings. The van der Waals surface area contributed by atoms with Gasteiger partial charge in [0.15, 0.2) is 5.69 Å². The van der Waals surface area contributed by atoms with Crippen LogP contribution in [0.2, 0.25) is 0 Å². The van der Waals surface area contributed by atoms with Crippen LogP contribution in [0.4, 0.5) is 4.79 Å². The molecule has 1 aromatic heterocycles. The van der Waals surface area contributed by atoms with Crippen molar-refractivity contribution in [3.05, 3.63) is 11.9 Å². The maximum absolute atomic E-state index is 12.4. The topological polar surface area (TPSA) is 83.8 Å². The fraction of sp³-hybridized carbons (Fsp3) is 0.733. The summed E-state index contributed by atoms with van der Waals surface area (Å²) in [7, 11) is 0. The summed E-state index contributed by atoms with van der Waals surface area (Å²) in [4.78, 5) is 29.9. The van der Waals surface area contributed by atoms with Gasteiger partial charge >= 0.3 is 6.03 Å². The Morgan fingerprint density at radius 1 is 1.21 bits per heavy atom. The monoisotopic (exact) mass is 336 g/mol. The van der Waals surface area contributed by atoms with Crippen LogP contribution in [-0.4, -0.2) is 94.1 Å². The fourth-order valence-corrected chi connectivity index (χ4v) is 2.95. The largest absolute Gasteiger partial charge is 0.378 e. The molecule has 2 aliphatic rings. The van der Waals surface area contributed by atoms with Gasteiger partial charge in [-0.25, -0.2) is 9.48 Å². The van der Waals surface area contributed by atoms with Crippen LogP contribution in [-0.2, 0) is 4.74 Å². The molecular formula is C15H24N6O3. The van der Waals surface area contributed by atoms with Crippen molar-refractivity contribution in [1.82, 2.24) is 29.7 Å². The number of carbonyl (C=O) groups excluding carboxylic acids is 2. The van der Waals surface area contributed by atoms with Crippen molar-refractivity contribution in [3.63, 3.8) is 0 Å². The highest BCUT2D eigenvalue weighted by atomic mass is 16.5.